The molecule has 112 valence electrons. The summed E-state index contributed by atoms with van der Waals surface area (Å²) in [6.07, 6.45) is 4.12. The van der Waals surface area contributed by atoms with Crippen LogP contribution in [0.5, 0.6) is 0 Å². The first-order chi connectivity index (χ1) is 10.8. The molecule has 0 aliphatic rings. The lowest BCUT2D eigenvalue weighted by molar-refractivity contribution is 0.627. The summed E-state index contributed by atoms with van der Waals surface area (Å²) in [7, 11) is 0. The van der Waals surface area contributed by atoms with Crippen LogP contribution in [-0.4, -0.2) is 15.5 Å². The van der Waals surface area contributed by atoms with Crippen LogP contribution in [0.25, 0.3) is 11.0 Å². The molecule has 22 heavy (non-hydrogen) atoms. The second-order valence-corrected chi connectivity index (χ2v) is 5.61. The standard InChI is InChI=1S/C18H19N3S/c1-2-3-13-20-16-11-7-8-12-17(16)21(18(20)22)19-14-15-9-5-4-6-10-15/h4-12,14H,2-3,13H2,1H3/b19-14+. The molecule has 3 aromatic rings. The van der Waals surface area contributed by atoms with E-state index < -0.39 is 0 Å². The number of aromatic nitrogens is 2. The Labute approximate surface area is 135 Å². The van der Waals surface area contributed by atoms with E-state index >= 15 is 0 Å². The molecule has 0 atom stereocenters. The molecular weight excluding hydrogens is 290 g/mol. The van der Waals surface area contributed by atoms with Gasteiger partial charge in [-0.3, -0.25) is 0 Å². The number of nitrogens with zero attached hydrogens (tertiary/aromatic N) is 3. The molecule has 0 aliphatic heterocycles. The topological polar surface area (TPSA) is 22.2 Å². The Bertz CT molecular complexity index is 844. The number of hydrogen-bond donors (Lipinski definition) is 0. The van der Waals surface area contributed by atoms with Gasteiger partial charge in [0, 0.05) is 6.54 Å². The van der Waals surface area contributed by atoms with E-state index in [4.69, 9.17) is 12.2 Å². The van der Waals surface area contributed by atoms with Gasteiger partial charge >= 0.3 is 0 Å². The van der Waals surface area contributed by atoms with Crippen LogP contribution in [0, 0.1) is 4.77 Å². The lowest BCUT2D eigenvalue weighted by atomic mass is 10.2. The highest BCUT2D eigenvalue weighted by Gasteiger charge is 2.08. The first-order valence-corrected chi connectivity index (χ1v) is 8.02. The molecule has 0 saturated carbocycles. The third-order valence-corrected chi connectivity index (χ3v) is 4.06. The van der Waals surface area contributed by atoms with Crippen molar-refractivity contribution in [3.05, 3.63) is 64.9 Å². The van der Waals surface area contributed by atoms with Crippen LogP contribution < -0.4 is 0 Å². The molecule has 0 amide bonds. The summed E-state index contributed by atoms with van der Waals surface area (Å²) in [4.78, 5) is 0. The molecule has 3 nitrogen and oxygen atoms in total. The molecule has 2 aromatic carbocycles. The van der Waals surface area contributed by atoms with Crippen molar-refractivity contribution < 1.29 is 0 Å². The van der Waals surface area contributed by atoms with Gasteiger partial charge in [-0.15, -0.1) is 0 Å². The summed E-state index contributed by atoms with van der Waals surface area (Å²) in [5.74, 6) is 0. The van der Waals surface area contributed by atoms with Gasteiger partial charge in [0.15, 0.2) is 0 Å². The largest absolute Gasteiger partial charge is 0.315 e. The van der Waals surface area contributed by atoms with E-state index in [0.717, 1.165) is 40.8 Å². The average Bonchev–Trinajstić information content (AvgIpc) is 2.83. The zero-order valence-corrected chi connectivity index (χ0v) is 13.5. The first kappa shape index (κ1) is 14.7. The van der Waals surface area contributed by atoms with Crippen LogP contribution in [-0.2, 0) is 6.54 Å². The Morgan fingerprint density at radius 1 is 1.00 bits per heavy atom. The van der Waals surface area contributed by atoms with Crippen molar-refractivity contribution in [2.24, 2.45) is 5.10 Å². The normalized spacial score (nSPS) is 11.5. The van der Waals surface area contributed by atoms with Crippen molar-refractivity contribution in [3.8, 4) is 0 Å². The molecule has 0 radical (unpaired) electrons. The Morgan fingerprint density at radius 2 is 1.68 bits per heavy atom. The molecule has 4 heteroatoms. The minimum Gasteiger partial charge on any atom is -0.315 e. The molecule has 0 unspecified atom stereocenters. The van der Waals surface area contributed by atoms with Crippen molar-refractivity contribution in [1.82, 2.24) is 9.24 Å². The van der Waals surface area contributed by atoms with E-state index in [0.29, 0.717) is 0 Å². The van der Waals surface area contributed by atoms with E-state index in [1.807, 2.05) is 53.4 Å². The van der Waals surface area contributed by atoms with Crippen LogP contribution >= 0.6 is 12.2 Å². The number of hydrogen-bond acceptors (Lipinski definition) is 2. The summed E-state index contributed by atoms with van der Waals surface area (Å²) in [6, 6.07) is 18.3. The van der Waals surface area contributed by atoms with E-state index in [-0.39, 0.29) is 0 Å². The molecule has 0 fully saturated rings. The highest BCUT2D eigenvalue weighted by Crippen LogP contribution is 2.18. The number of benzene rings is 2. The average molecular weight is 309 g/mol. The van der Waals surface area contributed by atoms with Gasteiger partial charge in [0.1, 0.15) is 0 Å². The van der Waals surface area contributed by atoms with E-state index in [1.54, 1.807) is 0 Å². The van der Waals surface area contributed by atoms with Crippen molar-refractivity contribution in [3.63, 3.8) is 0 Å². The van der Waals surface area contributed by atoms with Crippen LogP contribution in [0.3, 0.4) is 0 Å². The fourth-order valence-corrected chi connectivity index (χ4v) is 2.83. The van der Waals surface area contributed by atoms with Crippen molar-refractivity contribution >= 4 is 29.5 Å². The predicted octanol–water partition coefficient (Wildman–Crippen LogP) is 4.85. The molecule has 0 bridgehead atoms. The zero-order chi connectivity index (χ0) is 15.4. The van der Waals surface area contributed by atoms with Gasteiger partial charge in [-0.1, -0.05) is 55.8 Å². The Balaban J connectivity index is 2.07. The second kappa shape index (κ2) is 6.71. The maximum atomic E-state index is 5.63. The van der Waals surface area contributed by atoms with Crippen LogP contribution in [0.2, 0.25) is 0 Å². The van der Waals surface area contributed by atoms with Gasteiger partial charge in [0.2, 0.25) is 4.77 Å². The highest BCUT2D eigenvalue weighted by molar-refractivity contribution is 7.71. The van der Waals surface area contributed by atoms with Crippen molar-refractivity contribution in [1.29, 1.82) is 0 Å². The van der Waals surface area contributed by atoms with Crippen molar-refractivity contribution in [2.75, 3.05) is 0 Å². The minimum absolute atomic E-state index is 0.752. The van der Waals surface area contributed by atoms with Crippen molar-refractivity contribution in [2.45, 2.75) is 26.3 Å². The van der Waals surface area contributed by atoms with Gasteiger partial charge in [0.05, 0.1) is 17.2 Å². The fraction of sp³-hybridized carbons (Fsp3) is 0.222. The third-order valence-electron chi connectivity index (χ3n) is 3.67. The maximum Gasteiger partial charge on any atom is 0.201 e. The Hall–Kier alpha value is -2.20. The van der Waals surface area contributed by atoms with Gasteiger partial charge < -0.3 is 4.57 Å². The fourth-order valence-electron chi connectivity index (χ4n) is 2.50. The summed E-state index contributed by atoms with van der Waals surface area (Å²) >= 11 is 5.63. The molecule has 1 aromatic heterocycles. The Morgan fingerprint density at radius 3 is 2.41 bits per heavy atom. The van der Waals surface area contributed by atoms with Gasteiger partial charge in [0.25, 0.3) is 0 Å². The number of rotatable bonds is 5. The zero-order valence-electron chi connectivity index (χ0n) is 12.6. The van der Waals surface area contributed by atoms with Crippen LogP contribution in [0.4, 0.5) is 0 Å². The van der Waals surface area contributed by atoms with E-state index in [1.165, 1.54) is 0 Å². The number of unbranched alkanes of at least 4 members (excludes halogenated alkanes) is 1. The third kappa shape index (κ3) is 2.88. The number of imidazole rings is 1. The lowest BCUT2D eigenvalue weighted by Gasteiger charge is -2.01. The molecule has 1 heterocycles. The van der Waals surface area contributed by atoms with Crippen LogP contribution in [0.15, 0.2) is 59.7 Å². The minimum atomic E-state index is 0.752. The molecule has 3 rings (SSSR count). The first-order valence-electron chi connectivity index (χ1n) is 7.61. The predicted molar refractivity (Wildman–Crippen MR) is 95.1 cm³/mol. The van der Waals surface area contributed by atoms with E-state index in [9.17, 15) is 0 Å². The van der Waals surface area contributed by atoms with Gasteiger partial charge in [-0.25, -0.2) is 4.68 Å². The smallest absolute Gasteiger partial charge is 0.201 e. The molecule has 0 aliphatic carbocycles. The summed E-state index contributed by atoms with van der Waals surface area (Å²) < 4.78 is 4.78. The number of fused-ring (bicyclic) bond motifs is 1. The number of aryl methyl sites for hydroxylation is 1. The second-order valence-electron chi connectivity index (χ2n) is 5.24. The monoisotopic (exact) mass is 309 g/mol. The van der Waals surface area contributed by atoms with Gasteiger partial charge in [-0.05, 0) is 36.3 Å². The summed E-state index contributed by atoms with van der Waals surface area (Å²) in [6.45, 7) is 3.13. The number of para-hydroxylation sites is 2. The highest BCUT2D eigenvalue weighted by atomic mass is 32.1. The SMILES string of the molecule is CCCCn1c(=S)n(/N=C/c2ccccc2)c2ccccc21. The van der Waals surface area contributed by atoms with Crippen LogP contribution in [0.1, 0.15) is 25.3 Å². The maximum absolute atomic E-state index is 5.63. The molecule has 0 saturated heterocycles. The molecular formula is C18H19N3S. The molecule has 0 N–H and O–H groups in total. The Kier molecular flexibility index (Phi) is 4.49. The summed E-state index contributed by atoms with van der Waals surface area (Å²) in [5.41, 5.74) is 3.26. The van der Waals surface area contributed by atoms with Gasteiger partial charge in [-0.2, -0.15) is 5.10 Å². The molecule has 0 spiro atoms. The van der Waals surface area contributed by atoms with E-state index in [2.05, 4.69) is 28.7 Å². The summed E-state index contributed by atoms with van der Waals surface area (Å²) in [5, 5.41) is 4.60. The lowest BCUT2D eigenvalue weighted by Crippen LogP contribution is -1.99. The quantitative estimate of drug-likeness (QED) is 0.487.